The Bertz CT molecular complexity index is 607. The quantitative estimate of drug-likeness (QED) is 0.796. The third-order valence-corrected chi connectivity index (χ3v) is 4.24. The van der Waals surface area contributed by atoms with Gasteiger partial charge in [0.15, 0.2) is 0 Å². The molecule has 0 aromatic heterocycles. The number of hydrogen-bond donors (Lipinski definition) is 0. The van der Waals surface area contributed by atoms with E-state index in [9.17, 15) is 9.59 Å². The van der Waals surface area contributed by atoms with E-state index in [0.717, 1.165) is 11.3 Å². The van der Waals surface area contributed by atoms with Crippen molar-refractivity contribution in [2.45, 2.75) is 40.7 Å². The molecule has 1 heterocycles. The van der Waals surface area contributed by atoms with Gasteiger partial charge in [-0.25, -0.2) is 0 Å². The Morgan fingerprint density at radius 2 is 1.91 bits per heavy atom. The van der Waals surface area contributed by atoms with Crippen LogP contribution < -0.4 is 4.90 Å². The molecule has 1 unspecified atom stereocenters. The van der Waals surface area contributed by atoms with Crippen LogP contribution in [0.5, 0.6) is 0 Å². The van der Waals surface area contributed by atoms with Gasteiger partial charge in [-0.2, -0.15) is 0 Å². The Morgan fingerprint density at radius 3 is 2.45 bits per heavy atom. The molecule has 1 fully saturated rings. The highest BCUT2D eigenvalue weighted by atomic mass is 35.5. The summed E-state index contributed by atoms with van der Waals surface area (Å²) in [6, 6.07) is 5.05. The number of anilines is 1. The predicted octanol–water partition coefficient (Wildman–Crippen LogP) is 3.26. The molecule has 5 heteroatoms. The van der Waals surface area contributed by atoms with Crippen LogP contribution in [0.2, 0.25) is 5.02 Å². The molecule has 120 valence electrons. The van der Waals surface area contributed by atoms with E-state index >= 15 is 0 Å². The minimum Gasteiger partial charge on any atom is -0.329 e. The lowest BCUT2D eigenvalue weighted by molar-refractivity contribution is -0.147. The van der Waals surface area contributed by atoms with Crippen molar-refractivity contribution in [1.82, 2.24) is 4.90 Å². The molecule has 4 nitrogen and oxygen atoms in total. The number of piperazine rings is 1. The lowest BCUT2D eigenvalue weighted by atomic mass is 9.93. The summed E-state index contributed by atoms with van der Waals surface area (Å²) in [5, 5.41) is 0.656. The minimum absolute atomic E-state index is 0.0147. The Balaban J connectivity index is 2.25. The molecular formula is C17H23ClN2O2. The van der Waals surface area contributed by atoms with Gasteiger partial charge in [-0.15, -0.1) is 0 Å². The van der Waals surface area contributed by atoms with Gasteiger partial charge in [0.2, 0.25) is 11.8 Å². The standard InChI is InChI=1S/C17H23ClN2O2/c1-11-10-13(18)6-7-14(11)20-9-8-19(12(2)15(20)21)16(22)17(3,4)5/h6-7,10,12H,8-9H2,1-5H3. The van der Waals surface area contributed by atoms with Gasteiger partial charge in [0.05, 0.1) is 0 Å². The maximum Gasteiger partial charge on any atom is 0.249 e. The average molecular weight is 323 g/mol. The Kier molecular flexibility index (Phi) is 4.52. The number of carbonyl (C=O) groups excluding carboxylic acids is 2. The molecule has 2 amide bonds. The second-order valence-electron chi connectivity index (χ2n) is 6.85. The fourth-order valence-corrected chi connectivity index (χ4v) is 2.97. The number of carbonyl (C=O) groups is 2. The zero-order chi connectivity index (χ0) is 16.7. The molecule has 1 aromatic rings. The Hall–Kier alpha value is -1.55. The second-order valence-corrected chi connectivity index (χ2v) is 7.28. The van der Waals surface area contributed by atoms with Crippen molar-refractivity contribution in [2.75, 3.05) is 18.0 Å². The zero-order valence-electron chi connectivity index (χ0n) is 13.8. The van der Waals surface area contributed by atoms with E-state index in [4.69, 9.17) is 11.6 Å². The molecule has 1 saturated heterocycles. The highest BCUT2D eigenvalue weighted by Crippen LogP contribution is 2.28. The first-order valence-corrected chi connectivity index (χ1v) is 7.89. The van der Waals surface area contributed by atoms with Crippen LogP contribution in [0.4, 0.5) is 5.69 Å². The van der Waals surface area contributed by atoms with E-state index in [2.05, 4.69) is 0 Å². The maximum absolute atomic E-state index is 12.7. The van der Waals surface area contributed by atoms with Crippen molar-refractivity contribution >= 4 is 29.1 Å². The molecule has 0 spiro atoms. The van der Waals surface area contributed by atoms with Crippen molar-refractivity contribution in [3.05, 3.63) is 28.8 Å². The van der Waals surface area contributed by atoms with Crippen LogP contribution in [0.1, 0.15) is 33.3 Å². The fourth-order valence-electron chi connectivity index (χ4n) is 2.74. The Morgan fingerprint density at radius 1 is 1.27 bits per heavy atom. The molecule has 1 aliphatic rings. The van der Waals surface area contributed by atoms with Gasteiger partial charge >= 0.3 is 0 Å². The van der Waals surface area contributed by atoms with Gasteiger partial charge < -0.3 is 9.80 Å². The van der Waals surface area contributed by atoms with Crippen molar-refractivity contribution in [1.29, 1.82) is 0 Å². The third kappa shape index (κ3) is 3.12. The molecule has 0 bridgehead atoms. The first-order valence-electron chi connectivity index (χ1n) is 7.51. The largest absolute Gasteiger partial charge is 0.329 e. The molecule has 0 aliphatic carbocycles. The van der Waals surface area contributed by atoms with Gasteiger partial charge in [-0.1, -0.05) is 32.4 Å². The molecule has 22 heavy (non-hydrogen) atoms. The molecule has 1 atom stereocenters. The summed E-state index contributed by atoms with van der Waals surface area (Å²) in [6.07, 6.45) is 0. The van der Waals surface area contributed by atoms with Crippen LogP contribution in [0.3, 0.4) is 0 Å². The molecule has 0 N–H and O–H groups in total. The molecule has 0 saturated carbocycles. The van der Waals surface area contributed by atoms with Crippen LogP contribution in [0.15, 0.2) is 18.2 Å². The summed E-state index contributed by atoms with van der Waals surface area (Å²) in [5.41, 5.74) is 1.35. The fraction of sp³-hybridized carbons (Fsp3) is 0.529. The summed E-state index contributed by atoms with van der Waals surface area (Å²) in [4.78, 5) is 28.6. The topological polar surface area (TPSA) is 40.6 Å². The monoisotopic (exact) mass is 322 g/mol. The summed E-state index contributed by atoms with van der Waals surface area (Å²) >= 11 is 5.98. The Labute approximate surface area is 137 Å². The van der Waals surface area contributed by atoms with Gasteiger partial charge in [-0.3, -0.25) is 9.59 Å². The number of nitrogens with zero attached hydrogens (tertiary/aromatic N) is 2. The molecule has 1 aliphatic heterocycles. The second kappa shape index (κ2) is 5.92. The molecular weight excluding hydrogens is 300 g/mol. The van der Waals surface area contributed by atoms with E-state index < -0.39 is 11.5 Å². The van der Waals surface area contributed by atoms with Crippen LogP contribution in [-0.4, -0.2) is 35.8 Å². The van der Waals surface area contributed by atoms with Crippen LogP contribution in [-0.2, 0) is 9.59 Å². The van der Waals surface area contributed by atoms with Crippen molar-refractivity contribution < 1.29 is 9.59 Å². The normalized spacial score (nSPS) is 19.5. The van der Waals surface area contributed by atoms with Gasteiger partial charge in [0.1, 0.15) is 6.04 Å². The minimum atomic E-state index is -0.479. The number of hydrogen-bond acceptors (Lipinski definition) is 2. The lowest BCUT2D eigenvalue weighted by Crippen LogP contribution is -2.59. The van der Waals surface area contributed by atoms with Crippen molar-refractivity contribution in [2.24, 2.45) is 5.41 Å². The van der Waals surface area contributed by atoms with Gasteiger partial charge in [0, 0.05) is 29.2 Å². The summed E-state index contributed by atoms with van der Waals surface area (Å²) in [6.45, 7) is 10.4. The highest BCUT2D eigenvalue weighted by molar-refractivity contribution is 6.30. The first kappa shape index (κ1) is 16.8. The summed E-state index contributed by atoms with van der Waals surface area (Å²) < 4.78 is 0. The van der Waals surface area contributed by atoms with E-state index in [0.29, 0.717) is 18.1 Å². The van der Waals surface area contributed by atoms with E-state index in [1.54, 1.807) is 22.8 Å². The van der Waals surface area contributed by atoms with Gasteiger partial charge in [-0.05, 0) is 37.6 Å². The first-order chi connectivity index (χ1) is 10.1. The van der Waals surface area contributed by atoms with E-state index in [-0.39, 0.29) is 11.8 Å². The summed E-state index contributed by atoms with van der Waals surface area (Å²) in [7, 11) is 0. The van der Waals surface area contributed by atoms with Crippen molar-refractivity contribution in [3.63, 3.8) is 0 Å². The maximum atomic E-state index is 12.7. The van der Waals surface area contributed by atoms with Crippen LogP contribution in [0, 0.1) is 12.3 Å². The van der Waals surface area contributed by atoms with E-state index in [1.807, 2.05) is 39.8 Å². The lowest BCUT2D eigenvalue weighted by Gasteiger charge is -2.41. The van der Waals surface area contributed by atoms with Crippen LogP contribution in [0.25, 0.3) is 0 Å². The third-order valence-electron chi connectivity index (χ3n) is 4.01. The van der Waals surface area contributed by atoms with Crippen LogP contribution >= 0.6 is 11.6 Å². The number of rotatable bonds is 1. The number of benzene rings is 1. The molecule has 0 radical (unpaired) electrons. The SMILES string of the molecule is Cc1cc(Cl)ccc1N1CCN(C(=O)C(C)(C)C)C(C)C1=O. The summed E-state index contributed by atoms with van der Waals surface area (Å²) in [5.74, 6) is -0.0323. The number of amides is 2. The average Bonchev–Trinajstić information content (AvgIpc) is 2.41. The zero-order valence-corrected chi connectivity index (χ0v) is 14.6. The van der Waals surface area contributed by atoms with E-state index in [1.165, 1.54) is 0 Å². The highest BCUT2D eigenvalue weighted by Gasteiger charge is 2.38. The molecule has 1 aromatic carbocycles. The van der Waals surface area contributed by atoms with Crippen molar-refractivity contribution in [3.8, 4) is 0 Å². The predicted molar refractivity (Wildman–Crippen MR) is 89.2 cm³/mol. The van der Waals surface area contributed by atoms with Gasteiger partial charge in [0.25, 0.3) is 0 Å². The number of halogens is 1. The number of aryl methyl sites for hydroxylation is 1. The molecule has 2 rings (SSSR count). The smallest absolute Gasteiger partial charge is 0.249 e.